The van der Waals surface area contributed by atoms with Gasteiger partial charge in [0, 0.05) is 12.4 Å². The van der Waals surface area contributed by atoms with Crippen molar-refractivity contribution in [1.29, 1.82) is 0 Å². The molecule has 0 amide bonds. The fraction of sp³-hybridized carbons (Fsp3) is 0.364. The van der Waals surface area contributed by atoms with E-state index in [-0.39, 0.29) is 5.92 Å². The van der Waals surface area contributed by atoms with Gasteiger partial charge < -0.3 is 9.51 Å². The molecule has 0 bridgehead atoms. The van der Waals surface area contributed by atoms with Crippen LogP contribution in [0, 0.1) is 5.92 Å². The summed E-state index contributed by atoms with van der Waals surface area (Å²) >= 11 is 0. The maximum Gasteiger partial charge on any atom is 0.312 e. The second kappa shape index (κ2) is 3.92. The highest BCUT2D eigenvalue weighted by molar-refractivity contribution is 5.76. The first-order valence-corrected chi connectivity index (χ1v) is 5.11. The summed E-state index contributed by atoms with van der Waals surface area (Å²) < 4.78 is 1.77. The fourth-order valence-electron chi connectivity index (χ4n) is 1.85. The van der Waals surface area contributed by atoms with Gasteiger partial charge >= 0.3 is 5.97 Å². The van der Waals surface area contributed by atoms with Gasteiger partial charge in [0.15, 0.2) is 5.65 Å². The van der Waals surface area contributed by atoms with Crippen molar-refractivity contribution in [3.05, 3.63) is 30.5 Å². The molecule has 0 aromatic carbocycles. The quantitative estimate of drug-likeness (QED) is 0.850. The zero-order valence-corrected chi connectivity index (χ0v) is 9.16. The van der Waals surface area contributed by atoms with E-state index >= 15 is 0 Å². The van der Waals surface area contributed by atoms with E-state index in [1.165, 1.54) is 0 Å². The molecule has 84 valence electrons. The van der Waals surface area contributed by atoms with Gasteiger partial charge in [-0.3, -0.25) is 9.78 Å². The Morgan fingerprint density at radius 1 is 1.44 bits per heavy atom. The number of carboxylic acid groups (broad SMARTS) is 1. The fourth-order valence-corrected chi connectivity index (χ4v) is 1.85. The van der Waals surface area contributed by atoms with Crippen LogP contribution >= 0.6 is 0 Å². The molecule has 0 radical (unpaired) electrons. The lowest BCUT2D eigenvalue weighted by Crippen LogP contribution is -2.19. The van der Waals surface area contributed by atoms with Gasteiger partial charge in [0.1, 0.15) is 5.92 Å². The van der Waals surface area contributed by atoms with Crippen molar-refractivity contribution >= 4 is 11.6 Å². The average molecular weight is 219 g/mol. The minimum Gasteiger partial charge on any atom is -0.481 e. The Labute approximate surface area is 92.8 Å². The van der Waals surface area contributed by atoms with Crippen LogP contribution in [0.5, 0.6) is 0 Å². The SMILES string of the molecule is CC(C)C(C(=O)O)c1cnc2cnccn12. The first kappa shape index (κ1) is 10.6. The lowest BCUT2D eigenvalue weighted by molar-refractivity contribution is -0.140. The second-order valence-electron chi connectivity index (χ2n) is 4.05. The number of aromatic nitrogens is 3. The molecule has 2 heterocycles. The summed E-state index contributed by atoms with van der Waals surface area (Å²) in [5.41, 5.74) is 1.37. The number of nitrogens with zero attached hydrogens (tertiary/aromatic N) is 3. The molecule has 0 aliphatic carbocycles. The predicted octanol–water partition coefficient (Wildman–Crippen LogP) is 1.55. The largest absolute Gasteiger partial charge is 0.481 e. The molecule has 0 spiro atoms. The predicted molar refractivity (Wildman–Crippen MR) is 58.2 cm³/mol. The second-order valence-corrected chi connectivity index (χ2v) is 4.05. The minimum atomic E-state index is -0.825. The zero-order valence-electron chi connectivity index (χ0n) is 9.16. The molecule has 16 heavy (non-hydrogen) atoms. The summed E-state index contributed by atoms with van der Waals surface area (Å²) in [4.78, 5) is 19.3. The molecule has 5 nitrogen and oxygen atoms in total. The molecular weight excluding hydrogens is 206 g/mol. The average Bonchev–Trinajstić information content (AvgIpc) is 2.61. The zero-order chi connectivity index (χ0) is 11.7. The van der Waals surface area contributed by atoms with E-state index in [1.54, 1.807) is 29.2 Å². The van der Waals surface area contributed by atoms with Gasteiger partial charge in [-0.15, -0.1) is 0 Å². The normalized spacial score (nSPS) is 13.2. The Balaban J connectivity index is 2.57. The molecule has 0 fully saturated rings. The third kappa shape index (κ3) is 1.64. The Kier molecular flexibility index (Phi) is 2.60. The van der Waals surface area contributed by atoms with Gasteiger partial charge in [0.25, 0.3) is 0 Å². The number of hydrogen-bond acceptors (Lipinski definition) is 3. The molecule has 1 unspecified atom stereocenters. The molecule has 2 aromatic rings. The molecular formula is C11H13N3O2. The Morgan fingerprint density at radius 2 is 2.19 bits per heavy atom. The molecule has 0 aliphatic rings. The van der Waals surface area contributed by atoms with Gasteiger partial charge in [0.2, 0.25) is 0 Å². The van der Waals surface area contributed by atoms with E-state index in [4.69, 9.17) is 0 Å². The van der Waals surface area contributed by atoms with Crippen molar-refractivity contribution in [2.75, 3.05) is 0 Å². The number of carbonyl (C=O) groups is 1. The molecule has 2 aromatic heterocycles. The van der Waals surface area contributed by atoms with E-state index in [1.807, 2.05) is 13.8 Å². The van der Waals surface area contributed by atoms with Crippen LogP contribution in [0.1, 0.15) is 25.5 Å². The van der Waals surface area contributed by atoms with Gasteiger partial charge in [0.05, 0.1) is 18.1 Å². The molecule has 0 saturated carbocycles. The number of carboxylic acids is 1. The molecule has 1 atom stereocenters. The number of aliphatic carboxylic acids is 1. The first-order valence-electron chi connectivity index (χ1n) is 5.11. The van der Waals surface area contributed by atoms with Crippen LogP contribution < -0.4 is 0 Å². The van der Waals surface area contributed by atoms with Crippen LogP contribution in [0.25, 0.3) is 5.65 Å². The summed E-state index contributed by atoms with van der Waals surface area (Å²) in [5.74, 6) is -1.35. The van der Waals surface area contributed by atoms with Gasteiger partial charge in [-0.25, -0.2) is 4.98 Å². The minimum absolute atomic E-state index is 0.0190. The summed E-state index contributed by atoms with van der Waals surface area (Å²) in [6.07, 6.45) is 6.58. The standard InChI is InChI=1S/C11H13N3O2/c1-7(2)10(11(15)16)8-5-13-9-6-12-3-4-14(8)9/h3-7,10H,1-2H3,(H,15,16). The third-order valence-corrected chi connectivity index (χ3v) is 2.60. The van der Waals surface area contributed by atoms with Crippen LogP contribution in [0.3, 0.4) is 0 Å². The summed E-state index contributed by atoms with van der Waals surface area (Å²) in [5, 5.41) is 9.22. The van der Waals surface area contributed by atoms with Crippen molar-refractivity contribution in [3.8, 4) is 0 Å². The number of rotatable bonds is 3. The van der Waals surface area contributed by atoms with Crippen LogP contribution in [-0.4, -0.2) is 25.4 Å². The lowest BCUT2D eigenvalue weighted by Gasteiger charge is -2.15. The van der Waals surface area contributed by atoms with Gasteiger partial charge in [-0.2, -0.15) is 0 Å². The van der Waals surface area contributed by atoms with E-state index < -0.39 is 11.9 Å². The summed E-state index contributed by atoms with van der Waals surface area (Å²) in [7, 11) is 0. The molecule has 1 N–H and O–H groups in total. The van der Waals surface area contributed by atoms with E-state index in [2.05, 4.69) is 9.97 Å². The Hall–Kier alpha value is -1.91. The van der Waals surface area contributed by atoms with Gasteiger partial charge in [-0.05, 0) is 5.92 Å². The van der Waals surface area contributed by atoms with Crippen molar-refractivity contribution in [1.82, 2.24) is 14.4 Å². The van der Waals surface area contributed by atoms with E-state index in [9.17, 15) is 9.90 Å². The van der Waals surface area contributed by atoms with Crippen LogP contribution in [-0.2, 0) is 4.79 Å². The van der Waals surface area contributed by atoms with Crippen LogP contribution in [0.4, 0.5) is 0 Å². The Bertz CT molecular complexity index is 519. The number of fused-ring (bicyclic) bond motifs is 1. The number of imidazole rings is 1. The maximum absolute atomic E-state index is 11.2. The highest BCUT2D eigenvalue weighted by Gasteiger charge is 2.26. The van der Waals surface area contributed by atoms with Crippen molar-refractivity contribution < 1.29 is 9.90 Å². The van der Waals surface area contributed by atoms with Gasteiger partial charge in [-0.1, -0.05) is 13.8 Å². The monoisotopic (exact) mass is 219 g/mol. The summed E-state index contributed by atoms with van der Waals surface area (Å²) in [6, 6.07) is 0. The highest BCUT2D eigenvalue weighted by Crippen LogP contribution is 2.25. The third-order valence-electron chi connectivity index (χ3n) is 2.60. The molecule has 0 saturated heterocycles. The highest BCUT2D eigenvalue weighted by atomic mass is 16.4. The number of hydrogen-bond donors (Lipinski definition) is 1. The summed E-state index contributed by atoms with van der Waals surface area (Å²) in [6.45, 7) is 3.78. The van der Waals surface area contributed by atoms with E-state index in [0.29, 0.717) is 11.3 Å². The van der Waals surface area contributed by atoms with Crippen LogP contribution in [0.2, 0.25) is 0 Å². The maximum atomic E-state index is 11.2. The van der Waals surface area contributed by atoms with Crippen LogP contribution in [0.15, 0.2) is 24.8 Å². The molecule has 0 aliphatic heterocycles. The molecule has 2 rings (SSSR count). The van der Waals surface area contributed by atoms with Crippen molar-refractivity contribution in [2.45, 2.75) is 19.8 Å². The first-order chi connectivity index (χ1) is 7.61. The van der Waals surface area contributed by atoms with E-state index in [0.717, 1.165) is 0 Å². The van der Waals surface area contributed by atoms with Crippen molar-refractivity contribution in [3.63, 3.8) is 0 Å². The Morgan fingerprint density at radius 3 is 2.81 bits per heavy atom. The topological polar surface area (TPSA) is 67.5 Å². The molecule has 5 heteroatoms. The smallest absolute Gasteiger partial charge is 0.312 e. The lowest BCUT2D eigenvalue weighted by atomic mass is 9.93. The van der Waals surface area contributed by atoms with Crippen molar-refractivity contribution in [2.24, 2.45) is 5.92 Å².